The summed E-state index contributed by atoms with van der Waals surface area (Å²) in [4.78, 5) is 0.260. The van der Waals surface area contributed by atoms with E-state index in [0.717, 1.165) is 11.1 Å². The third-order valence-electron chi connectivity index (χ3n) is 3.35. The van der Waals surface area contributed by atoms with E-state index < -0.39 is 10.0 Å². The zero-order valence-corrected chi connectivity index (χ0v) is 12.5. The van der Waals surface area contributed by atoms with Crippen molar-refractivity contribution < 1.29 is 13.5 Å². The molecule has 0 saturated carbocycles. The van der Waals surface area contributed by atoms with E-state index in [1.165, 1.54) is 23.5 Å². The average molecular weight is 291 g/mol. The second kappa shape index (κ2) is 5.17. The number of hydrogen-bond donors (Lipinski definition) is 1. The smallest absolute Gasteiger partial charge is 0.264 e. The predicted octanol–water partition coefficient (Wildman–Crippen LogP) is 2.83. The van der Waals surface area contributed by atoms with Crippen LogP contribution in [0.1, 0.15) is 11.1 Å². The van der Waals surface area contributed by atoms with E-state index in [-0.39, 0.29) is 10.6 Å². The largest absolute Gasteiger partial charge is 0.508 e. The van der Waals surface area contributed by atoms with Crippen LogP contribution in [0, 0.1) is 13.8 Å². The molecular formula is C15H17NO3S. The van der Waals surface area contributed by atoms with Gasteiger partial charge in [-0.05, 0) is 61.4 Å². The fourth-order valence-electron chi connectivity index (χ4n) is 1.83. The molecule has 106 valence electrons. The summed E-state index contributed by atoms with van der Waals surface area (Å²) in [7, 11) is -2.10. The highest BCUT2D eigenvalue weighted by molar-refractivity contribution is 7.92. The third-order valence-corrected chi connectivity index (χ3v) is 5.13. The molecule has 0 bridgehead atoms. The zero-order valence-electron chi connectivity index (χ0n) is 11.7. The summed E-state index contributed by atoms with van der Waals surface area (Å²) in [5.74, 6) is 0.103. The molecule has 1 N–H and O–H groups in total. The van der Waals surface area contributed by atoms with Crippen LogP contribution in [-0.4, -0.2) is 20.6 Å². The minimum absolute atomic E-state index is 0.103. The topological polar surface area (TPSA) is 57.6 Å². The van der Waals surface area contributed by atoms with Gasteiger partial charge in [-0.25, -0.2) is 8.42 Å². The highest BCUT2D eigenvalue weighted by atomic mass is 32.2. The lowest BCUT2D eigenvalue weighted by atomic mass is 10.1. The third kappa shape index (κ3) is 2.63. The van der Waals surface area contributed by atoms with Gasteiger partial charge in [0.25, 0.3) is 10.0 Å². The first-order valence-corrected chi connectivity index (χ1v) is 7.61. The van der Waals surface area contributed by atoms with E-state index in [1.807, 2.05) is 13.8 Å². The molecule has 0 aromatic heterocycles. The average Bonchev–Trinajstić information content (AvgIpc) is 2.41. The maximum absolute atomic E-state index is 12.5. The van der Waals surface area contributed by atoms with Crippen LogP contribution < -0.4 is 4.31 Å². The molecule has 0 aliphatic carbocycles. The minimum Gasteiger partial charge on any atom is -0.508 e. The molecule has 2 rings (SSSR count). The standard InChI is InChI=1S/C15H17NO3S/c1-11-4-9-15(10-12(11)2)20(18,19)16(3)13-5-7-14(17)8-6-13/h4-10,17H,1-3H3. The number of anilines is 1. The fourth-order valence-corrected chi connectivity index (χ4v) is 3.12. The Hall–Kier alpha value is -2.01. The summed E-state index contributed by atoms with van der Waals surface area (Å²) in [5, 5.41) is 9.26. The minimum atomic E-state index is -3.59. The van der Waals surface area contributed by atoms with Crippen LogP contribution in [0.5, 0.6) is 5.75 Å². The van der Waals surface area contributed by atoms with Crippen LogP contribution in [0.3, 0.4) is 0 Å². The molecule has 0 heterocycles. The molecule has 2 aromatic carbocycles. The van der Waals surface area contributed by atoms with E-state index in [0.29, 0.717) is 5.69 Å². The summed E-state index contributed by atoms with van der Waals surface area (Å²) in [6.45, 7) is 3.82. The van der Waals surface area contributed by atoms with Crippen LogP contribution in [-0.2, 0) is 10.0 Å². The Bertz CT molecular complexity index is 721. The predicted molar refractivity (Wildman–Crippen MR) is 79.6 cm³/mol. The second-order valence-corrected chi connectivity index (χ2v) is 6.70. The van der Waals surface area contributed by atoms with Gasteiger partial charge in [-0.2, -0.15) is 0 Å². The summed E-state index contributed by atoms with van der Waals surface area (Å²) in [5.41, 5.74) is 2.49. The van der Waals surface area contributed by atoms with Crippen LogP contribution in [0.25, 0.3) is 0 Å². The molecule has 0 unspecified atom stereocenters. The van der Waals surface area contributed by atoms with Crippen molar-refractivity contribution in [1.82, 2.24) is 0 Å². The number of hydrogen-bond acceptors (Lipinski definition) is 3. The molecule has 20 heavy (non-hydrogen) atoms. The van der Waals surface area contributed by atoms with E-state index in [9.17, 15) is 13.5 Å². The monoisotopic (exact) mass is 291 g/mol. The molecule has 0 fully saturated rings. The van der Waals surface area contributed by atoms with Crippen molar-refractivity contribution >= 4 is 15.7 Å². The first-order chi connectivity index (χ1) is 9.32. The second-order valence-electron chi connectivity index (χ2n) is 4.73. The SMILES string of the molecule is Cc1ccc(S(=O)(=O)N(C)c2ccc(O)cc2)cc1C. The van der Waals surface area contributed by atoms with Gasteiger partial charge in [0.1, 0.15) is 5.75 Å². The van der Waals surface area contributed by atoms with Gasteiger partial charge in [0, 0.05) is 7.05 Å². The van der Waals surface area contributed by atoms with Crippen molar-refractivity contribution in [2.45, 2.75) is 18.7 Å². The Morgan fingerprint density at radius 2 is 1.55 bits per heavy atom. The number of aryl methyl sites for hydroxylation is 2. The van der Waals surface area contributed by atoms with Gasteiger partial charge in [0.05, 0.1) is 10.6 Å². The number of sulfonamides is 1. The summed E-state index contributed by atoms with van der Waals surface area (Å²) in [6, 6.07) is 11.1. The molecule has 0 atom stereocenters. The molecule has 2 aromatic rings. The molecule has 0 amide bonds. The zero-order chi connectivity index (χ0) is 14.9. The Morgan fingerprint density at radius 3 is 2.10 bits per heavy atom. The maximum Gasteiger partial charge on any atom is 0.264 e. The molecule has 0 aliphatic rings. The quantitative estimate of drug-likeness (QED) is 0.946. The molecule has 0 spiro atoms. The summed E-state index contributed by atoms with van der Waals surface area (Å²) in [6.07, 6.45) is 0. The highest BCUT2D eigenvalue weighted by Gasteiger charge is 2.21. The van der Waals surface area contributed by atoms with Gasteiger partial charge in [-0.1, -0.05) is 6.07 Å². The lowest BCUT2D eigenvalue weighted by Crippen LogP contribution is -2.26. The Morgan fingerprint density at radius 1 is 0.950 bits per heavy atom. The van der Waals surface area contributed by atoms with Crippen molar-refractivity contribution in [3.05, 3.63) is 53.6 Å². The lowest BCUT2D eigenvalue weighted by Gasteiger charge is -2.20. The van der Waals surface area contributed by atoms with Crippen molar-refractivity contribution in [1.29, 1.82) is 0 Å². The Balaban J connectivity index is 2.43. The van der Waals surface area contributed by atoms with E-state index in [1.54, 1.807) is 30.3 Å². The van der Waals surface area contributed by atoms with Crippen LogP contribution in [0.4, 0.5) is 5.69 Å². The molecular weight excluding hydrogens is 274 g/mol. The van der Waals surface area contributed by atoms with Crippen LogP contribution in [0.15, 0.2) is 47.4 Å². The van der Waals surface area contributed by atoms with Crippen molar-refractivity contribution in [2.75, 3.05) is 11.4 Å². The normalized spacial score (nSPS) is 11.3. The van der Waals surface area contributed by atoms with Crippen molar-refractivity contribution in [2.24, 2.45) is 0 Å². The van der Waals surface area contributed by atoms with Gasteiger partial charge in [0.15, 0.2) is 0 Å². The Labute approximate surface area is 119 Å². The van der Waals surface area contributed by atoms with E-state index in [2.05, 4.69) is 0 Å². The maximum atomic E-state index is 12.5. The number of aromatic hydroxyl groups is 1. The molecule has 0 aliphatic heterocycles. The van der Waals surface area contributed by atoms with Crippen molar-refractivity contribution in [3.8, 4) is 5.75 Å². The summed E-state index contributed by atoms with van der Waals surface area (Å²) < 4.78 is 26.3. The Kier molecular flexibility index (Phi) is 3.72. The first kappa shape index (κ1) is 14.4. The van der Waals surface area contributed by atoms with Gasteiger partial charge < -0.3 is 5.11 Å². The fraction of sp³-hybridized carbons (Fsp3) is 0.200. The number of phenolic OH excluding ortho intramolecular Hbond substituents is 1. The molecule has 0 saturated heterocycles. The van der Waals surface area contributed by atoms with Crippen molar-refractivity contribution in [3.63, 3.8) is 0 Å². The molecule has 4 nitrogen and oxygen atoms in total. The first-order valence-electron chi connectivity index (χ1n) is 6.17. The van der Waals surface area contributed by atoms with Crippen LogP contribution >= 0.6 is 0 Å². The van der Waals surface area contributed by atoms with Gasteiger partial charge >= 0.3 is 0 Å². The van der Waals surface area contributed by atoms with Crippen LogP contribution in [0.2, 0.25) is 0 Å². The van der Waals surface area contributed by atoms with Gasteiger partial charge in [0.2, 0.25) is 0 Å². The lowest BCUT2D eigenvalue weighted by molar-refractivity contribution is 0.475. The van der Waals surface area contributed by atoms with Gasteiger partial charge in [-0.3, -0.25) is 4.31 Å². The summed E-state index contributed by atoms with van der Waals surface area (Å²) >= 11 is 0. The van der Waals surface area contributed by atoms with E-state index >= 15 is 0 Å². The molecule has 0 radical (unpaired) electrons. The highest BCUT2D eigenvalue weighted by Crippen LogP contribution is 2.24. The van der Waals surface area contributed by atoms with Gasteiger partial charge in [-0.15, -0.1) is 0 Å². The number of rotatable bonds is 3. The number of phenols is 1. The molecule has 5 heteroatoms. The number of nitrogens with zero attached hydrogens (tertiary/aromatic N) is 1. The number of benzene rings is 2. The van der Waals surface area contributed by atoms with E-state index in [4.69, 9.17) is 0 Å².